The standard InChI is InChI=1S/C14H22O/c1-5-13(15)11(2)10-14(4)9-7-6-8-12(14)3/h6,8,10,12H,5,7,9H2,1-4H3/b11-10+. The highest BCUT2D eigenvalue weighted by Gasteiger charge is 2.29. The van der Waals surface area contributed by atoms with Gasteiger partial charge in [0.1, 0.15) is 0 Å². The summed E-state index contributed by atoms with van der Waals surface area (Å²) in [6, 6.07) is 0. The lowest BCUT2D eigenvalue weighted by Gasteiger charge is -2.34. The van der Waals surface area contributed by atoms with Crippen molar-refractivity contribution in [2.45, 2.75) is 47.0 Å². The van der Waals surface area contributed by atoms with E-state index in [4.69, 9.17) is 0 Å². The lowest BCUT2D eigenvalue weighted by atomic mass is 9.70. The molecule has 1 nitrogen and oxygen atoms in total. The summed E-state index contributed by atoms with van der Waals surface area (Å²) < 4.78 is 0. The van der Waals surface area contributed by atoms with Crippen molar-refractivity contribution in [3.63, 3.8) is 0 Å². The largest absolute Gasteiger partial charge is 0.295 e. The zero-order valence-electron chi connectivity index (χ0n) is 10.3. The molecule has 0 aliphatic heterocycles. The fourth-order valence-electron chi connectivity index (χ4n) is 2.20. The van der Waals surface area contributed by atoms with Gasteiger partial charge in [-0.1, -0.05) is 39.0 Å². The minimum absolute atomic E-state index is 0.170. The summed E-state index contributed by atoms with van der Waals surface area (Å²) in [5, 5.41) is 0. The van der Waals surface area contributed by atoms with Gasteiger partial charge in [0, 0.05) is 6.42 Å². The van der Waals surface area contributed by atoms with E-state index in [9.17, 15) is 4.79 Å². The monoisotopic (exact) mass is 206 g/mol. The van der Waals surface area contributed by atoms with Crippen LogP contribution in [0.3, 0.4) is 0 Å². The predicted molar refractivity (Wildman–Crippen MR) is 64.7 cm³/mol. The molecule has 15 heavy (non-hydrogen) atoms. The van der Waals surface area contributed by atoms with Gasteiger partial charge in [-0.3, -0.25) is 4.79 Å². The molecule has 0 saturated heterocycles. The molecule has 0 aromatic carbocycles. The average molecular weight is 206 g/mol. The van der Waals surface area contributed by atoms with Crippen LogP contribution in [0.5, 0.6) is 0 Å². The van der Waals surface area contributed by atoms with Crippen LogP contribution in [0, 0.1) is 11.3 Å². The Morgan fingerprint density at radius 3 is 2.80 bits per heavy atom. The number of carbonyl (C=O) groups excluding carboxylic acids is 1. The number of hydrogen-bond acceptors (Lipinski definition) is 1. The smallest absolute Gasteiger partial charge is 0.158 e. The van der Waals surface area contributed by atoms with Crippen LogP contribution < -0.4 is 0 Å². The van der Waals surface area contributed by atoms with E-state index in [1.165, 1.54) is 0 Å². The van der Waals surface area contributed by atoms with E-state index in [2.05, 4.69) is 32.1 Å². The highest BCUT2D eigenvalue weighted by atomic mass is 16.1. The van der Waals surface area contributed by atoms with E-state index in [1.807, 2.05) is 13.8 Å². The summed E-state index contributed by atoms with van der Waals surface area (Å²) in [5.74, 6) is 0.809. The molecule has 1 rings (SSSR count). The fraction of sp³-hybridized carbons (Fsp3) is 0.643. The fourth-order valence-corrected chi connectivity index (χ4v) is 2.20. The number of carbonyl (C=O) groups is 1. The Morgan fingerprint density at radius 2 is 2.27 bits per heavy atom. The van der Waals surface area contributed by atoms with Gasteiger partial charge in [-0.2, -0.15) is 0 Å². The highest BCUT2D eigenvalue weighted by molar-refractivity contribution is 5.94. The van der Waals surface area contributed by atoms with Crippen molar-refractivity contribution >= 4 is 5.78 Å². The molecule has 1 aliphatic carbocycles. The van der Waals surface area contributed by atoms with Crippen molar-refractivity contribution < 1.29 is 4.79 Å². The number of allylic oxidation sites excluding steroid dienone is 4. The molecule has 2 unspecified atom stereocenters. The zero-order valence-corrected chi connectivity index (χ0v) is 10.3. The van der Waals surface area contributed by atoms with Gasteiger partial charge >= 0.3 is 0 Å². The maximum absolute atomic E-state index is 11.5. The van der Waals surface area contributed by atoms with E-state index >= 15 is 0 Å². The third-order valence-corrected chi connectivity index (χ3v) is 3.62. The van der Waals surface area contributed by atoms with Gasteiger partial charge in [-0.05, 0) is 36.7 Å². The normalized spacial score (nSPS) is 31.7. The molecule has 0 amide bonds. The molecule has 1 aliphatic rings. The van der Waals surface area contributed by atoms with Gasteiger partial charge in [-0.25, -0.2) is 0 Å². The Hall–Kier alpha value is -0.850. The van der Waals surface area contributed by atoms with Gasteiger partial charge in [0.15, 0.2) is 5.78 Å². The Labute approximate surface area is 93.3 Å². The summed E-state index contributed by atoms with van der Waals surface area (Å²) in [4.78, 5) is 11.5. The molecule has 84 valence electrons. The first-order chi connectivity index (χ1) is 6.99. The molecule has 0 aromatic rings. The van der Waals surface area contributed by atoms with Crippen LogP contribution in [-0.2, 0) is 4.79 Å². The molecular weight excluding hydrogens is 184 g/mol. The molecule has 0 spiro atoms. The highest BCUT2D eigenvalue weighted by Crippen LogP contribution is 2.39. The minimum atomic E-state index is 0.170. The van der Waals surface area contributed by atoms with Gasteiger partial charge in [0.2, 0.25) is 0 Å². The van der Waals surface area contributed by atoms with Gasteiger partial charge in [-0.15, -0.1) is 0 Å². The van der Waals surface area contributed by atoms with Gasteiger partial charge < -0.3 is 0 Å². The Kier molecular flexibility index (Phi) is 3.90. The summed E-state index contributed by atoms with van der Waals surface area (Å²) >= 11 is 0. The third-order valence-electron chi connectivity index (χ3n) is 3.62. The topological polar surface area (TPSA) is 17.1 Å². The molecule has 0 fully saturated rings. The molecule has 1 heteroatoms. The first-order valence-corrected chi connectivity index (χ1v) is 5.89. The number of ketones is 1. The van der Waals surface area contributed by atoms with Crippen molar-refractivity contribution in [1.29, 1.82) is 0 Å². The van der Waals surface area contributed by atoms with Crippen molar-refractivity contribution in [3.05, 3.63) is 23.8 Å². The third kappa shape index (κ3) is 2.80. The molecule has 0 bridgehead atoms. The van der Waals surface area contributed by atoms with Gasteiger partial charge in [0.05, 0.1) is 0 Å². The van der Waals surface area contributed by atoms with Crippen LogP contribution in [0.2, 0.25) is 0 Å². The first kappa shape index (κ1) is 12.2. The summed E-state index contributed by atoms with van der Waals surface area (Å²) in [6.45, 7) is 8.36. The molecule has 0 N–H and O–H groups in total. The van der Waals surface area contributed by atoms with E-state index in [-0.39, 0.29) is 11.2 Å². The van der Waals surface area contributed by atoms with Crippen LogP contribution in [0.25, 0.3) is 0 Å². The molecule has 2 atom stereocenters. The van der Waals surface area contributed by atoms with Crippen molar-refractivity contribution in [2.75, 3.05) is 0 Å². The molecule has 0 radical (unpaired) electrons. The van der Waals surface area contributed by atoms with Gasteiger partial charge in [0.25, 0.3) is 0 Å². The summed E-state index contributed by atoms with van der Waals surface area (Å²) in [6.07, 6.45) is 9.60. The molecular formula is C14H22O. The molecule has 0 aromatic heterocycles. The van der Waals surface area contributed by atoms with Crippen molar-refractivity contribution in [2.24, 2.45) is 11.3 Å². The van der Waals surface area contributed by atoms with E-state index in [0.29, 0.717) is 12.3 Å². The summed E-state index contributed by atoms with van der Waals surface area (Å²) in [7, 11) is 0. The first-order valence-electron chi connectivity index (χ1n) is 5.89. The van der Waals surface area contributed by atoms with Crippen LogP contribution in [0.1, 0.15) is 47.0 Å². The second kappa shape index (κ2) is 4.78. The van der Waals surface area contributed by atoms with E-state index in [0.717, 1.165) is 18.4 Å². The predicted octanol–water partition coefficient (Wildman–Crippen LogP) is 3.90. The minimum Gasteiger partial charge on any atom is -0.295 e. The summed E-state index contributed by atoms with van der Waals surface area (Å²) in [5.41, 5.74) is 1.10. The number of rotatable bonds is 3. The molecule has 0 saturated carbocycles. The lowest BCUT2D eigenvalue weighted by molar-refractivity contribution is -0.115. The maximum atomic E-state index is 11.5. The second-order valence-corrected chi connectivity index (χ2v) is 4.87. The number of Topliss-reactive ketones (excluding diaryl/α,β-unsaturated/α-hetero) is 1. The lowest BCUT2D eigenvalue weighted by Crippen LogP contribution is -2.25. The van der Waals surface area contributed by atoms with Crippen LogP contribution in [0.15, 0.2) is 23.8 Å². The van der Waals surface area contributed by atoms with Crippen molar-refractivity contribution in [3.8, 4) is 0 Å². The quantitative estimate of drug-likeness (QED) is 0.505. The molecule has 0 heterocycles. The Morgan fingerprint density at radius 1 is 1.60 bits per heavy atom. The van der Waals surface area contributed by atoms with Crippen molar-refractivity contribution in [1.82, 2.24) is 0 Å². The van der Waals surface area contributed by atoms with Crippen LogP contribution >= 0.6 is 0 Å². The second-order valence-electron chi connectivity index (χ2n) is 4.87. The van der Waals surface area contributed by atoms with E-state index in [1.54, 1.807) is 0 Å². The van der Waals surface area contributed by atoms with E-state index < -0.39 is 0 Å². The Balaban J connectivity index is 2.87. The maximum Gasteiger partial charge on any atom is 0.158 e. The van der Waals surface area contributed by atoms with Crippen LogP contribution in [-0.4, -0.2) is 5.78 Å². The Bertz CT molecular complexity index is 298. The SMILES string of the molecule is CCC(=O)/C(C)=C/C1(C)CCC=CC1C. The average Bonchev–Trinajstić information content (AvgIpc) is 2.21. The number of hydrogen-bond donors (Lipinski definition) is 0. The zero-order chi connectivity index (χ0) is 11.5. The van der Waals surface area contributed by atoms with Crippen LogP contribution in [0.4, 0.5) is 0 Å².